The maximum Gasteiger partial charge on any atom is 0.340 e. The molecule has 0 spiro atoms. The molecular weight excluding hydrogens is 354 g/mol. The van der Waals surface area contributed by atoms with Crippen molar-refractivity contribution in [3.63, 3.8) is 0 Å². The molecule has 0 fully saturated rings. The monoisotopic (exact) mass is 375 g/mol. The summed E-state index contributed by atoms with van der Waals surface area (Å²) in [7, 11) is -1.34. The Bertz CT molecular complexity index is 821. The number of benzene rings is 2. The lowest BCUT2D eigenvalue weighted by Gasteiger charge is -2.16. The minimum atomic E-state index is -1.34. The second-order valence-electron chi connectivity index (χ2n) is 5.42. The fourth-order valence-electron chi connectivity index (χ4n) is 2.25. The van der Waals surface area contributed by atoms with Gasteiger partial charge in [-0.25, -0.2) is 4.79 Å². The predicted molar refractivity (Wildman–Crippen MR) is 99.9 cm³/mol. The van der Waals surface area contributed by atoms with Crippen LogP contribution in [0.5, 0.6) is 5.75 Å². The molecule has 0 saturated heterocycles. The summed E-state index contributed by atoms with van der Waals surface area (Å²) in [6, 6.07) is 13.5. The highest BCUT2D eigenvalue weighted by atomic mass is 32.2. The van der Waals surface area contributed by atoms with Gasteiger partial charge in [0.15, 0.2) is 6.10 Å². The largest absolute Gasteiger partial charge is 0.492 e. The summed E-state index contributed by atoms with van der Waals surface area (Å²) in [5.41, 5.74) is 0.681. The second-order valence-corrected chi connectivity index (χ2v) is 6.76. The molecule has 138 valence electrons. The third-order valence-electron chi connectivity index (χ3n) is 3.51. The number of ether oxygens (including phenoxy) is 2. The average Bonchev–Trinajstić information content (AvgIpc) is 2.63. The van der Waals surface area contributed by atoms with Crippen LogP contribution in [-0.4, -0.2) is 35.1 Å². The number of rotatable bonds is 7. The molecule has 0 saturated carbocycles. The summed E-state index contributed by atoms with van der Waals surface area (Å²) >= 11 is 0. The highest BCUT2D eigenvalue weighted by Gasteiger charge is 2.22. The van der Waals surface area contributed by atoms with Gasteiger partial charge >= 0.3 is 5.97 Å². The third kappa shape index (κ3) is 4.92. The van der Waals surface area contributed by atoms with Gasteiger partial charge in [-0.1, -0.05) is 24.3 Å². The molecule has 0 heterocycles. The molecule has 0 aliphatic rings. The van der Waals surface area contributed by atoms with Crippen LogP contribution in [0.4, 0.5) is 5.69 Å². The van der Waals surface area contributed by atoms with Crippen LogP contribution in [0.15, 0.2) is 53.4 Å². The molecule has 2 atom stereocenters. The van der Waals surface area contributed by atoms with Gasteiger partial charge in [-0.15, -0.1) is 0 Å². The zero-order chi connectivity index (χ0) is 19.1. The molecule has 0 aromatic heterocycles. The molecule has 6 nitrogen and oxygen atoms in total. The van der Waals surface area contributed by atoms with E-state index in [1.165, 1.54) is 19.2 Å². The molecular formula is C19H21NO5S. The second kappa shape index (κ2) is 9.15. The zero-order valence-corrected chi connectivity index (χ0v) is 15.7. The van der Waals surface area contributed by atoms with Gasteiger partial charge < -0.3 is 14.8 Å². The van der Waals surface area contributed by atoms with Crippen molar-refractivity contribution in [1.29, 1.82) is 0 Å². The summed E-state index contributed by atoms with van der Waals surface area (Å²) < 4.78 is 22.4. The van der Waals surface area contributed by atoms with E-state index in [0.717, 1.165) is 0 Å². The van der Waals surface area contributed by atoms with Crippen molar-refractivity contribution in [2.45, 2.75) is 24.8 Å². The Balaban J connectivity index is 2.08. The predicted octanol–water partition coefficient (Wildman–Crippen LogP) is 3.01. The van der Waals surface area contributed by atoms with E-state index in [2.05, 4.69) is 5.32 Å². The van der Waals surface area contributed by atoms with Gasteiger partial charge in [0.05, 0.1) is 33.6 Å². The molecule has 0 bridgehead atoms. The van der Waals surface area contributed by atoms with E-state index in [1.807, 2.05) is 6.92 Å². The van der Waals surface area contributed by atoms with Crippen molar-refractivity contribution in [2.24, 2.45) is 0 Å². The Morgan fingerprint density at radius 2 is 1.77 bits per heavy atom. The molecule has 1 N–H and O–H groups in total. The summed E-state index contributed by atoms with van der Waals surface area (Å²) in [4.78, 5) is 25.1. The van der Waals surface area contributed by atoms with Crippen LogP contribution in [0.1, 0.15) is 24.2 Å². The van der Waals surface area contributed by atoms with Crippen molar-refractivity contribution in [3.8, 4) is 5.75 Å². The number of hydrogen-bond donors (Lipinski definition) is 1. The molecule has 2 rings (SSSR count). The van der Waals surface area contributed by atoms with Gasteiger partial charge in [0.25, 0.3) is 5.91 Å². The fraction of sp³-hybridized carbons (Fsp3) is 0.263. The summed E-state index contributed by atoms with van der Waals surface area (Å²) in [5, 5.41) is 2.69. The van der Waals surface area contributed by atoms with Crippen molar-refractivity contribution in [1.82, 2.24) is 0 Å². The minimum absolute atomic E-state index is 0.183. The molecule has 2 aromatic rings. The summed E-state index contributed by atoms with van der Waals surface area (Å²) in [5.74, 6) is -0.647. The first-order valence-electron chi connectivity index (χ1n) is 8.10. The Kier molecular flexibility index (Phi) is 6.91. The quantitative estimate of drug-likeness (QED) is 0.753. The highest BCUT2D eigenvalue weighted by Crippen LogP contribution is 2.24. The SMILES string of the molecule is CCOc1ccccc1NC(=O)[C@H](C)OC(=O)c1ccccc1[S@@](C)=O. The smallest absolute Gasteiger partial charge is 0.340 e. The van der Waals surface area contributed by atoms with Gasteiger partial charge in [0.2, 0.25) is 0 Å². The third-order valence-corrected chi connectivity index (χ3v) is 4.49. The van der Waals surface area contributed by atoms with E-state index in [4.69, 9.17) is 9.47 Å². The topological polar surface area (TPSA) is 81.7 Å². The molecule has 0 unspecified atom stereocenters. The number of hydrogen-bond acceptors (Lipinski definition) is 5. The lowest BCUT2D eigenvalue weighted by molar-refractivity contribution is -0.123. The highest BCUT2D eigenvalue weighted by molar-refractivity contribution is 7.84. The van der Waals surface area contributed by atoms with E-state index in [1.54, 1.807) is 42.5 Å². The van der Waals surface area contributed by atoms with Gasteiger partial charge in [-0.05, 0) is 38.1 Å². The van der Waals surface area contributed by atoms with Crippen LogP contribution in [0.2, 0.25) is 0 Å². The number of amides is 1. The van der Waals surface area contributed by atoms with E-state index < -0.39 is 28.8 Å². The van der Waals surface area contributed by atoms with Crippen LogP contribution in [0, 0.1) is 0 Å². The lowest BCUT2D eigenvalue weighted by Crippen LogP contribution is -2.30. The Labute approximate surface area is 155 Å². The van der Waals surface area contributed by atoms with Crippen LogP contribution >= 0.6 is 0 Å². The number of carbonyl (C=O) groups is 2. The van der Waals surface area contributed by atoms with Crippen LogP contribution in [0.25, 0.3) is 0 Å². The van der Waals surface area contributed by atoms with Gasteiger partial charge in [-0.2, -0.15) is 0 Å². The maximum atomic E-state index is 12.4. The number of esters is 1. The normalized spacial score (nSPS) is 12.7. The first-order valence-corrected chi connectivity index (χ1v) is 9.66. The summed E-state index contributed by atoms with van der Waals surface area (Å²) in [6.07, 6.45) is 0.447. The maximum absolute atomic E-state index is 12.4. The van der Waals surface area contributed by atoms with E-state index in [-0.39, 0.29) is 5.56 Å². The molecule has 1 amide bonds. The molecule has 2 aromatic carbocycles. The number of carbonyl (C=O) groups excluding carboxylic acids is 2. The standard InChI is InChI=1S/C19H21NO5S/c1-4-24-16-11-7-6-10-15(16)20-18(21)13(2)25-19(22)14-9-5-8-12-17(14)26(3)23/h5-13H,4H2,1-3H3,(H,20,21)/t13-,26+/m0/s1. The number of para-hydroxylation sites is 2. The number of nitrogens with one attached hydrogen (secondary N) is 1. The van der Waals surface area contributed by atoms with E-state index >= 15 is 0 Å². The van der Waals surface area contributed by atoms with Crippen molar-refractivity contribution in [3.05, 3.63) is 54.1 Å². The summed E-state index contributed by atoms with van der Waals surface area (Å²) in [6.45, 7) is 3.78. The molecule has 26 heavy (non-hydrogen) atoms. The van der Waals surface area contributed by atoms with E-state index in [9.17, 15) is 13.8 Å². The Morgan fingerprint density at radius 1 is 1.12 bits per heavy atom. The number of anilines is 1. The first kappa shape index (κ1) is 19.7. The zero-order valence-electron chi connectivity index (χ0n) is 14.9. The molecule has 7 heteroatoms. The van der Waals surface area contributed by atoms with Gasteiger partial charge in [-0.3, -0.25) is 9.00 Å². The molecule has 0 aliphatic heterocycles. The van der Waals surface area contributed by atoms with Gasteiger partial charge in [0.1, 0.15) is 5.75 Å². The van der Waals surface area contributed by atoms with Crippen molar-refractivity contribution in [2.75, 3.05) is 18.2 Å². The lowest BCUT2D eigenvalue weighted by atomic mass is 10.2. The fourth-order valence-corrected chi connectivity index (χ4v) is 2.98. The van der Waals surface area contributed by atoms with Crippen LogP contribution in [-0.2, 0) is 20.3 Å². The van der Waals surface area contributed by atoms with Crippen molar-refractivity contribution >= 4 is 28.4 Å². The first-order chi connectivity index (χ1) is 12.4. The van der Waals surface area contributed by atoms with Crippen LogP contribution < -0.4 is 10.1 Å². The van der Waals surface area contributed by atoms with Gasteiger partial charge in [0, 0.05) is 6.26 Å². The van der Waals surface area contributed by atoms with Crippen LogP contribution in [0.3, 0.4) is 0 Å². The van der Waals surface area contributed by atoms with E-state index in [0.29, 0.717) is 22.9 Å². The molecule has 0 aliphatic carbocycles. The Hall–Kier alpha value is -2.67. The molecule has 0 radical (unpaired) electrons. The average molecular weight is 375 g/mol. The minimum Gasteiger partial charge on any atom is -0.492 e. The Morgan fingerprint density at radius 3 is 2.46 bits per heavy atom. The van der Waals surface area contributed by atoms with Crippen molar-refractivity contribution < 1.29 is 23.3 Å².